The van der Waals surface area contributed by atoms with Crippen molar-refractivity contribution in [2.45, 2.75) is 13.1 Å². The van der Waals surface area contributed by atoms with Gasteiger partial charge in [0.25, 0.3) is 0 Å². The number of aromatic nitrogens is 1. The zero-order chi connectivity index (χ0) is 13.3. The summed E-state index contributed by atoms with van der Waals surface area (Å²) < 4.78 is 37.8. The molecular weight excluding hydrogens is 241 g/mol. The first-order valence-electron chi connectivity index (χ1n) is 5.27. The molecule has 0 atom stereocenters. The molecule has 0 aliphatic heterocycles. The van der Waals surface area contributed by atoms with Crippen LogP contribution in [0.4, 0.5) is 18.9 Å². The van der Waals surface area contributed by atoms with Crippen LogP contribution in [0.2, 0.25) is 0 Å². The van der Waals surface area contributed by atoms with Crippen LogP contribution in [0.3, 0.4) is 0 Å². The predicted molar refractivity (Wildman–Crippen MR) is 63.8 cm³/mol. The lowest BCUT2D eigenvalue weighted by molar-refractivity contribution is -0.137. The highest BCUT2D eigenvalue weighted by Crippen LogP contribution is 2.32. The van der Waals surface area contributed by atoms with Crippen molar-refractivity contribution in [2.24, 2.45) is 0 Å². The van der Waals surface area contributed by atoms with Gasteiger partial charge in [-0.3, -0.25) is 4.98 Å². The van der Waals surface area contributed by atoms with Crippen LogP contribution in [0.25, 0.3) is 11.3 Å². The number of pyridine rings is 1. The Labute approximate surface area is 102 Å². The molecule has 0 saturated carbocycles. The number of hydrogen-bond acceptors (Lipinski definition) is 2. The predicted octanol–water partition coefficient (Wildman–Crippen LogP) is 3.66. The summed E-state index contributed by atoms with van der Waals surface area (Å²) in [5, 5.41) is 0. The van der Waals surface area contributed by atoms with Gasteiger partial charge in [-0.1, -0.05) is 12.1 Å². The standard InChI is InChI=1S/C13H11F3N2/c1-8-5-11(17)7-18-12(8)9-3-2-4-10(6-9)13(14,15)16/h2-7H,17H2,1H3. The Kier molecular flexibility index (Phi) is 2.98. The second-order valence-electron chi connectivity index (χ2n) is 4.01. The molecule has 0 saturated heterocycles. The van der Waals surface area contributed by atoms with Crippen LogP contribution in [0.1, 0.15) is 11.1 Å². The average Bonchev–Trinajstić information content (AvgIpc) is 2.28. The van der Waals surface area contributed by atoms with Crippen LogP contribution in [-0.4, -0.2) is 4.98 Å². The van der Waals surface area contributed by atoms with Crippen molar-refractivity contribution in [3.8, 4) is 11.3 Å². The van der Waals surface area contributed by atoms with E-state index in [1.165, 1.54) is 12.3 Å². The molecule has 1 heterocycles. The minimum absolute atomic E-state index is 0.433. The number of rotatable bonds is 1. The first-order valence-corrected chi connectivity index (χ1v) is 5.27. The van der Waals surface area contributed by atoms with E-state index in [-0.39, 0.29) is 0 Å². The molecule has 0 aliphatic carbocycles. The highest BCUT2D eigenvalue weighted by molar-refractivity contribution is 5.65. The maximum atomic E-state index is 12.6. The summed E-state index contributed by atoms with van der Waals surface area (Å²) in [7, 11) is 0. The Bertz CT molecular complexity index is 577. The zero-order valence-corrected chi connectivity index (χ0v) is 9.62. The first kappa shape index (κ1) is 12.4. The molecule has 0 amide bonds. The highest BCUT2D eigenvalue weighted by atomic mass is 19.4. The fourth-order valence-electron chi connectivity index (χ4n) is 1.74. The topological polar surface area (TPSA) is 38.9 Å². The van der Waals surface area contributed by atoms with E-state index in [0.717, 1.165) is 17.7 Å². The fourth-order valence-corrected chi connectivity index (χ4v) is 1.74. The van der Waals surface area contributed by atoms with Gasteiger partial charge in [0.2, 0.25) is 0 Å². The van der Waals surface area contributed by atoms with Gasteiger partial charge in [0.15, 0.2) is 0 Å². The number of benzene rings is 1. The van der Waals surface area contributed by atoms with E-state index < -0.39 is 11.7 Å². The third-order valence-corrected chi connectivity index (χ3v) is 2.56. The Morgan fingerprint density at radius 2 is 1.89 bits per heavy atom. The van der Waals surface area contributed by atoms with Crippen molar-refractivity contribution in [2.75, 3.05) is 5.73 Å². The number of anilines is 1. The lowest BCUT2D eigenvalue weighted by atomic mass is 10.0. The SMILES string of the molecule is Cc1cc(N)cnc1-c1cccc(C(F)(F)F)c1. The Morgan fingerprint density at radius 1 is 1.17 bits per heavy atom. The monoisotopic (exact) mass is 252 g/mol. The lowest BCUT2D eigenvalue weighted by Crippen LogP contribution is -2.04. The van der Waals surface area contributed by atoms with Crippen molar-refractivity contribution in [1.82, 2.24) is 4.98 Å². The normalized spacial score (nSPS) is 11.6. The highest BCUT2D eigenvalue weighted by Gasteiger charge is 2.30. The molecule has 5 heteroatoms. The first-order chi connectivity index (χ1) is 8.38. The number of alkyl halides is 3. The molecule has 0 aliphatic rings. The van der Waals surface area contributed by atoms with Gasteiger partial charge in [0.1, 0.15) is 0 Å². The van der Waals surface area contributed by atoms with E-state index in [0.29, 0.717) is 16.9 Å². The fraction of sp³-hybridized carbons (Fsp3) is 0.154. The molecule has 2 rings (SSSR count). The van der Waals surface area contributed by atoms with Crippen LogP contribution in [0.15, 0.2) is 36.5 Å². The quantitative estimate of drug-likeness (QED) is 0.841. The van der Waals surface area contributed by atoms with Gasteiger partial charge in [-0.2, -0.15) is 13.2 Å². The molecule has 2 nitrogen and oxygen atoms in total. The molecular formula is C13H11F3N2. The average molecular weight is 252 g/mol. The van der Waals surface area contributed by atoms with E-state index in [1.54, 1.807) is 19.1 Å². The van der Waals surface area contributed by atoms with Gasteiger partial charge in [0, 0.05) is 5.56 Å². The molecule has 1 aromatic carbocycles. The van der Waals surface area contributed by atoms with Crippen LogP contribution in [0.5, 0.6) is 0 Å². The zero-order valence-electron chi connectivity index (χ0n) is 9.62. The maximum absolute atomic E-state index is 12.6. The molecule has 2 N–H and O–H groups in total. The van der Waals surface area contributed by atoms with Gasteiger partial charge < -0.3 is 5.73 Å². The molecule has 94 valence electrons. The summed E-state index contributed by atoms with van der Waals surface area (Å²) >= 11 is 0. The maximum Gasteiger partial charge on any atom is 0.416 e. The molecule has 0 bridgehead atoms. The minimum atomic E-state index is -4.35. The number of nitrogen functional groups attached to an aromatic ring is 1. The summed E-state index contributed by atoms with van der Waals surface area (Å²) in [6.45, 7) is 1.76. The Hall–Kier alpha value is -2.04. The molecule has 0 spiro atoms. The molecule has 0 fully saturated rings. The van der Waals surface area contributed by atoms with Crippen molar-refractivity contribution in [1.29, 1.82) is 0 Å². The van der Waals surface area contributed by atoms with Crippen molar-refractivity contribution < 1.29 is 13.2 Å². The van der Waals surface area contributed by atoms with Gasteiger partial charge in [0.05, 0.1) is 23.1 Å². The second kappa shape index (κ2) is 4.33. The lowest BCUT2D eigenvalue weighted by Gasteiger charge is -2.10. The summed E-state index contributed by atoms with van der Waals surface area (Å²) in [5.41, 5.74) is 7.06. The van der Waals surface area contributed by atoms with Crippen molar-refractivity contribution in [3.63, 3.8) is 0 Å². The number of halogens is 3. The molecule has 2 aromatic rings. The summed E-state index contributed by atoms with van der Waals surface area (Å²) in [4.78, 5) is 4.08. The van der Waals surface area contributed by atoms with Crippen LogP contribution in [-0.2, 0) is 6.18 Å². The number of nitrogens with zero attached hydrogens (tertiary/aromatic N) is 1. The largest absolute Gasteiger partial charge is 0.416 e. The van der Waals surface area contributed by atoms with E-state index in [2.05, 4.69) is 4.98 Å². The van der Waals surface area contributed by atoms with Crippen molar-refractivity contribution >= 4 is 5.69 Å². The van der Waals surface area contributed by atoms with E-state index in [1.807, 2.05) is 0 Å². The molecule has 18 heavy (non-hydrogen) atoms. The number of aryl methyl sites for hydroxylation is 1. The second-order valence-corrected chi connectivity index (χ2v) is 4.01. The van der Waals surface area contributed by atoms with Crippen LogP contribution < -0.4 is 5.73 Å². The Morgan fingerprint density at radius 3 is 2.50 bits per heavy atom. The van der Waals surface area contributed by atoms with E-state index in [9.17, 15) is 13.2 Å². The molecule has 0 unspecified atom stereocenters. The third kappa shape index (κ3) is 2.45. The van der Waals surface area contributed by atoms with Gasteiger partial charge in [-0.25, -0.2) is 0 Å². The van der Waals surface area contributed by atoms with Gasteiger partial charge in [-0.15, -0.1) is 0 Å². The van der Waals surface area contributed by atoms with Gasteiger partial charge in [-0.05, 0) is 30.7 Å². The summed E-state index contributed by atoms with van der Waals surface area (Å²) in [6.07, 6.45) is -2.92. The van der Waals surface area contributed by atoms with E-state index in [4.69, 9.17) is 5.73 Å². The van der Waals surface area contributed by atoms with Gasteiger partial charge >= 0.3 is 6.18 Å². The summed E-state index contributed by atoms with van der Waals surface area (Å²) in [5.74, 6) is 0. The Balaban J connectivity index is 2.51. The minimum Gasteiger partial charge on any atom is -0.397 e. The van der Waals surface area contributed by atoms with Crippen LogP contribution >= 0.6 is 0 Å². The molecule has 1 aromatic heterocycles. The summed E-state index contributed by atoms with van der Waals surface area (Å²) in [6, 6.07) is 6.78. The third-order valence-electron chi connectivity index (χ3n) is 2.56. The van der Waals surface area contributed by atoms with Crippen LogP contribution in [0, 0.1) is 6.92 Å². The molecule has 0 radical (unpaired) electrons. The van der Waals surface area contributed by atoms with Crippen molar-refractivity contribution in [3.05, 3.63) is 47.7 Å². The number of nitrogens with two attached hydrogens (primary N) is 1. The number of hydrogen-bond donors (Lipinski definition) is 1. The smallest absolute Gasteiger partial charge is 0.397 e. The van der Waals surface area contributed by atoms with E-state index >= 15 is 0 Å².